The average molecular weight is 98.1 g/mol. The van der Waals surface area contributed by atoms with Crippen LogP contribution in [0.15, 0.2) is 12.2 Å². The van der Waals surface area contributed by atoms with Crippen molar-refractivity contribution in [1.29, 1.82) is 0 Å². The summed E-state index contributed by atoms with van der Waals surface area (Å²) in [6.07, 6.45) is 5.68. The molecular formula is C6H10O. The summed E-state index contributed by atoms with van der Waals surface area (Å²) < 4.78 is 0. The molecule has 0 aromatic rings. The number of hydrogen-bond donors (Lipinski definition) is 1. The molecule has 0 atom stereocenters. The van der Waals surface area contributed by atoms with Gasteiger partial charge in [-0.05, 0) is 19.8 Å². The molecule has 1 heteroatoms. The fraction of sp³-hybridized carbons (Fsp3) is 0.667. The van der Waals surface area contributed by atoms with Crippen molar-refractivity contribution in [3.8, 4) is 0 Å². The zero-order valence-electron chi connectivity index (χ0n) is 4.52. The molecule has 0 spiro atoms. The summed E-state index contributed by atoms with van der Waals surface area (Å²) in [6, 6.07) is 0. The van der Waals surface area contributed by atoms with Crippen LogP contribution < -0.4 is 0 Å². The Hall–Kier alpha value is -0.300. The van der Waals surface area contributed by atoms with Crippen LogP contribution in [0.4, 0.5) is 0 Å². The van der Waals surface area contributed by atoms with Crippen LogP contribution in [0.1, 0.15) is 19.8 Å². The van der Waals surface area contributed by atoms with Gasteiger partial charge in [0.05, 0.1) is 5.60 Å². The third kappa shape index (κ3) is 1.03. The lowest BCUT2D eigenvalue weighted by atomic mass is 10.1. The molecule has 0 radical (unpaired) electrons. The van der Waals surface area contributed by atoms with E-state index in [9.17, 15) is 0 Å². The zero-order valence-corrected chi connectivity index (χ0v) is 4.52. The largest absolute Gasteiger partial charge is 0.390 e. The van der Waals surface area contributed by atoms with Crippen LogP contribution in [-0.2, 0) is 0 Å². The van der Waals surface area contributed by atoms with Crippen LogP contribution in [0.2, 0.25) is 0 Å². The van der Waals surface area contributed by atoms with Gasteiger partial charge < -0.3 is 5.11 Å². The number of hydrogen-bond acceptors (Lipinski definition) is 1. The van der Waals surface area contributed by atoms with Crippen molar-refractivity contribution in [2.75, 3.05) is 0 Å². The highest BCUT2D eigenvalue weighted by Crippen LogP contribution is 2.21. The average Bonchev–Trinajstić information content (AvgIpc) is 1.84. The molecule has 0 saturated heterocycles. The maximum Gasteiger partial charge on any atom is 0.0688 e. The molecule has 0 fully saturated rings. The molecule has 0 saturated carbocycles. The molecule has 0 aliphatic heterocycles. The Morgan fingerprint density at radius 2 is 1.86 bits per heavy atom. The first-order valence-electron chi connectivity index (χ1n) is 2.58. The quantitative estimate of drug-likeness (QED) is 0.449. The van der Waals surface area contributed by atoms with E-state index in [0.29, 0.717) is 0 Å². The van der Waals surface area contributed by atoms with Gasteiger partial charge in [0.25, 0.3) is 0 Å². The molecule has 1 nitrogen and oxygen atoms in total. The van der Waals surface area contributed by atoms with E-state index in [4.69, 9.17) is 5.11 Å². The van der Waals surface area contributed by atoms with Gasteiger partial charge in [-0.15, -0.1) is 0 Å². The zero-order chi connectivity index (χ0) is 5.33. The summed E-state index contributed by atoms with van der Waals surface area (Å²) in [5.41, 5.74) is -0.417. The van der Waals surface area contributed by atoms with Gasteiger partial charge in [-0.1, -0.05) is 12.2 Å². The number of aliphatic hydroxyl groups is 1. The van der Waals surface area contributed by atoms with Gasteiger partial charge in [-0.2, -0.15) is 0 Å². The van der Waals surface area contributed by atoms with E-state index < -0.39 is 5.60 Å². The summed E-state index contributed by atoms with van der Waals surface area (Å²) in [4.78, 5) is 0. The van der Waals surface area contributed by atoms with Gasteiger partial charge in [0.2, 0.25) is 0 Å². The molecule has 0 heterocycles. The van der Waals surface area contributed by atoms with Crippen molar-refractivity contribution in [1.82, 2.24) is 0 Å². The molecular weight excluding hydrogens is 88.1 g/mol. The van der Waals surface area contributed by atoms with E-state index in [1.54, 1.807) is 0 Å². The Balaban J connectivity index is 2.49. The minimum Gasteiger partial charge on any atom is -0.390 e. The lowest BCUT2D eigenvalue weighted by molar-refractivity contribution is 0.0745. The van der Waals surface area contributed by atoms with Gasteiger partial charge in [0.1, 0.15) is 0 Å². The second kappa shape index (κ2) is 1.34. The van der Waals surface area contributed by atoms with E-state index in [1.807, 2.05) is 19.1 Å². The predicted octanol–water partition coefficient (Wildman–Crippen LogP) is 1.09. The van der Waals surface area contributed by atoms with E-state index >= 15 is 0 Å². The molecule has 0 amide bonds. The van der Waals surface area contributed by atoms with Crippen molar-refractivity contribution < 1.29 is 5.11 Å². The van der Waals surface area contributed by atoms with Gasteiger partial charge in [-0.3, -0.25) is 0 Å². The Labute approximate surface area is 43.7 Å². The van der Waals surface area contributed by atoms with Crippen LogP contribution in [0, 0.1) is 0 Å². The van der Waals surface area contributed by atoms with Crippen LogP contribution in [-0.4, -0.2) is 10.7 Å². The molecule has 1 aliphatic carbocycles. The lowest BCUT2D eigenvalue weighted by Gasteiger charge is -2.12. The van der Waals surface area contributed by atoms with Crippen LogP contribution >= 0.6 is 0 Å². The maximum absolute atomic E-state index is 9.13. The van der Waals surface area contributed by atoms with Crippen LogP contribution in [0.5, 0.6) is 0 Å². The van der Waals surface area contributed by atoms with Gasteiger partial charge in [-0.25, -0.2) is 0 Å². The fourth-order valence-electron chi connectivity index (χ4n) is 0.758. The molecule has 0 bridgehead atoms. The maximum atomic E-state index is 9.13. The first-order chi connectivity index (χ1) is 3.21. The topological polar surface area (TPSA) is 20.2 Å². The Morgan fingerprint density at radius 3 is 2.00 bits per heavy atom. The summed E-state index contributed by atoms with van der Waals surface area (Å²) >= 11 is 0. The molecule has 40 valence electrons. The van der Waals surface area contributed by atoms with Crippen LogP contribution in [0.25, 0.3) is 0 Å². The number of rotatable bonds is 0. The van der Waals surface area contributed by atoms with Gasteiger partial charge in [0.15, 0.2) is 0 Å². The first-order valence-corrected chi connectivity index (χ1v) is 2.58. The second-order valence-corrected chi connectivity index (χ2v) is 2.38. The Morgan fingerprint density at radius 1 is 1.43 bits per heavy atom. The smallest absolute Gasteiger partial charge is 0.0688 e. The molecule has 1 rings (SSSR count). The molecule has 1 aliphatic rings. The van der Waals surface area contributed by atoms with Crippen molar-refractivity contribution >= 4 is 0 Å². The summed E-state index contributed by atoms with van der Waals surface area (Å²) in [6.45, 7) is 1.85. The second-order valence-electron chi connectivity index (χ2n) is 2.38. The third-order valence-corrected chi connectivity index (χ3v) is 1.28. The summed E-state index contributed by atoms with van der Waals surface area (Å²) in [7, 11) is 0. The summed E-state index contributed by atoms with van der Waals surface area (Å²) in [5.74, 6) is 0. The van der Waals surface area contributed by atoms with Crippen molar-refractivity contribution in [2.45, 2.75) is 25.4 Å². The summed E-state index contributed by atoms with van der Waals surface area (Å²) in [5, 5.41) is 9.13. The molecule has 0 unspecified atom stereocenters. The van der Waals surface area contributed by atoms with Gasteiger partial charge >= 0.3 is 0 Å². The van der Waals surface area contributed by atoms with Crippen molar-refractivity contribution in [3.63, 3.8) is 0 Å². The SMILES string of the molecule is CC1(O)CC=CC1. The van der Waals surface area contributed by atoms with E-state index in [-0.39, 0.29) is 0 Å². The molecule has 0 aromatic carbocycles. The van der Waals surface area contributed by atoms with Crippen molar-refractivity contribution in [2.24, 2.45) is 0 Å². The van der Waals surface area contributed by atoms with E-state index in [2.05, 4.69) is 0 Å². The fourth-order valence-corrected chi connectivity index (χ4v) is 0.758. The Bertz CT molecular complexity index is 82.4. The molecule has 1 N–H and O–H groups in total. The molecule has 0 aromatic heterocycles. The first kappa shape index (κ1) is 4.85. The Kier molecular flexibility index (Phi) is 0.927. The molecule has 7 heavy (non-hydrogen) atoms. The van der Waals surface area contributed by atoms with Crippen LogP contribution in [0.3, 0.4) is 0 Å². The van der Waals surface area contributed by atoms with Crippen molar-refractivity contribution in [3.05, 3.63) is 12.2 Å². The lowest BCUT2D eigenvalue weighted by Crippen LogP contribution is -2.17. The highest BCUT2D eigenvalue weighted by Gasteiger charge is 2.19. The highest BCUT2D eigenvalue weighted by atomic mass is 16.3. The monoisotopic (exact) mass is 98.1 g/mol. The minimum absolute atomic E-state index is 0.417. The third-order valence-electron chi connectivity index (χ3n) is 1.28. The highest BCUT2D eigenvalue weighted by molar-refractivity contribution is 5.01. The predicted molar refractivity (Wildman–Crippen MR) is 29.0 cm³/mol. The van der Waals surface area contributed by atoms with E-state index in [0.717, 1.165) is 12.8 Å². The standard InChI is InChI=1S/C6H10O/c1-6(7)4-2-3-5-6/h2-3,7H,4-5H2,1H3. The minimum atomic E-state index is -0.417. The van der Waals surface area contributed by atoms with Gasteiger partial charge in [0, 0.05) is 0 Å². The normalized spacial score (nSPS) is 26.0. The van der Waals surface area contributed by atoms with E-state index in [1.165, 1.54) is 0 Å².